The van der Waals surface area contributed by atoms with Gasteiger partial charge in [0.2, 0.25) is 0 Å². The summed E-state index contributed by atoms with van der Waals surface area (Å²) >= 11 is 0. The monoisotopic (exact) mass is 205 g/mol. The van der Waals surface area contributed by atoms with Crippen molar-refractivity contribution in [2.24, 2.45) is 5.73 Å². The molecule has 0 saturated carbocycles. The van der Waals surface area contributed by atoms with E-state index in [-0.39, 0.29) is 0 Å². The Morgan fingerprint density at radius 1 is 1.40 bits per heavy atom. The highest BCUT2D eigenvalue weighted by molar-refractivity contribution is 5.40. The van der Waals surface area contributed by atoms with E-state index in [2.05, 4.69) is 25.1 Å². The van der Waals surface area contributed by atoms with Crippen molar-refractivity contribution in [2.75, 3.05) is 6.54 Å². The lowest BCUT2D eigenvalue weighted by molar-refractivity contribution is 0.254. The summed E-state index contributed by atoms with van der Waals surface area (Å²) in [5.41, 5.74) is 8.20. The van der Waals surface area contributed by atoms with Gasteiger partial charge < -0.3 is 10.5 Å². The maximum absolute atomic E-state index is 5.73. The molecule has 0 bridgehead atoms. The second kappa shape index (κ2) is 4.67. The van der Waals surface area contributed by atoms with Gasteiger partial charge in [0.15, 0.2) is 0 Å². The van der Waals surface area contributed by atoms with Gasteiger partial charge in [-0.25, -0.2) is 0 Å². The van der Waals surface area contributed by atoms with Crippen LogP contribution in [0.15, 0.2) is 18.2 Å². The Labute approximate surface area is 91.4 Å². The predicted octanol–water partition coefficient (Wildman–Crippen LogP) is 2.29. The van der Waals surface area contributed by atoms with Crippen LogP contribution >= 0.6 is 0 Å². The molecular weight excluding hydrogens is 186 g/mol. The molecule has 0 fully saturated rings. The Balaban J connectivity index is 2.00. The highest BCUT2D eigenvalue weighted by atomic mass is 16.5. The normalized spacial score (nSPS) is 18.7. The van der Waals surface area contributed by atoms with E-state index in [0.717, 1.165) is 31.6 Å². The number of nitrogens with two attached hydrogens (primary N) is 1. The molecule has 0 saturated heterocycles. The SMILES string of the molecule is CC1Cc2ccc(CCCCN)cc2O1. The fourth-order valence-corrected chi connectivity index (χ4v) is 2.07. The van der Waals surface area contributed by atoms with Crippen LogP contribution in [0, 0.1) is 0 Å². The van der Waals surface area contributed by atoms with Crippen LogP contribution in [-0.2, 0) is 12.8 Å². The molecule has 0 spiro atoms. The zero-order chi connectivity index (χ0) is 10.7. The van der Waals surface area contributed by atoms with Gasteiger partial charge in [-0.15, -0.1) is 0 Å². The van der Waals surface area contributed by atoms with Crippen LogP contribution in [0.25, 0.3) is 0 Å². The maximum atomic E-state index is 5.73. The molecule has 1 atom stereocenters. The van der Waals surface area contributed by atoms with Gasteiger partial charge in [-0.05, 0) is 49.9 Å². The first kappa shape index (κ1) is 10.5. The Kier molecular flexibility index (Phi) is 3.27. The Hall–Kier alpha value is -1.02. The minimum absolute atomic E-state index is 0.347. The molecule has 1 aliphatic heterocycles. The van der Waals surface area contributed by atoms with Crippen molar-refractivity contribution in [1.82, 2.24) is 0 Å². The van der Waals surface area contributed by atoms with Gasteiger partial charge >= 0.3 is 0 Å². The molecule has 0 radical (unpaired) electrons. The topological polar surface area (TPSA) is 35.2 Å². The summed E-state index contributed by atoms with van der Waals surface area (Å²) < 4.78 is 5.73. The van der Waals surface area contributed by atoms with Gasteiger partial charge in [0.25, 0.3) is 0 Å². The summed E-state index contributed by atoms with van der Waals surface area (Å²) in [5.74, 6) is 1.09. The van der Waals surface area contributed by atoms with Crippen LogP contribution in [0.5, 0.6) is 5.75 Å². The molecule has 1 aromatic rings. The second-order valence-electron chi connectivity index (χ2n) is 4.32. The van der Waals surface area contributed by atoms with Crippen LogP contribution in [-0.4, -0.2) is 12.6 Å². The summed E-state index contributed by atoms with van der Waals surface area (Å²) in [5, 5.41) is 0. The van der Waals surface area contributed by atoms with Crippen LogP contribution in [0.2, 0.25) is 0 Å². The van der Waals surface area contributed by atoms with E-state index in [1.165, 1.54) is 17.5 Å². The molecular formula is C13H19NO. The van der Waals surface area contributed by atoms with Crippen LogP contribution in [0.1, 0.15) is 30.9 Å². The molecule has 0 aromatic heterocycles. The van der Waals surface area contributed by atoms with Crippen molar-refractivity contribution in [2.45, 2.75) is 38.7 Å². The largest absolute Gasteiger partial charge is 0.490 e. The average Bonchev–Trinajstić information content (AvgIpc) is 2.57. The predicted molar refractivity (Wildman–Crippen MR) is 62.2 cm³/mol. The van der Waals surface area contributed by atoms with E-state index >= 15 is 0 Å². The van der Waals surface area contributed by atoms with Gasteiger partial charge in [0, 0.05) is 6.42 Å². The van der Waals surface area contributed by atoms with Crippen LogP contribution in [0.3, 0.4) is 0 Å². The van der Waals surface area contributed by atoms with Crippen molar-refractivity contribution in [3.8, 4) is 5.75 Å². The number of rotatable bonds is 4. The van der Waals surface area contributed by atoms with Gasteiger partial charge in [0.05, 0.1) is 0 Å². The standard InChI is InChI=1S/C13H19NO/c1-10-8-12-6-5-11(4-2-3-7-14)9-13(12)15-10/h5-6,9-10H,2-4,7-8,14H2,1H3. The molecule has 15 heavy (non-hydrogen) atoms. The number of hydrogen-bond donors (Lipinski definition) is 1. The Bertz CT molecular complexity index is 335. The molecule has 1 aromatic carbocycles. The zero-order valence-electron chi connectivity index (χ0n) is 9.33. The lowest BCUT2D eigenvalue weighted by atomic mass is 10.0. The Morgan fingerprint density at radius 2 is 2.27 bits per heavy atom. The van der Waals surface area contributed by atoms with Gasteiger partial charge in [-0.2, -0.15) is 0 Å². The summed E-state index contributed by atoms with van der Waals surface area (Å²) in [7, 11) is 0. The van der Waals surface area contributed by atoms with E-state index in [1.807, 2.05) is 0 Å². The minimum atomic E-state index is 0.347. The third-order valence-corrected chi connectivity index (χ3v) is 2.89. The molecule has 2 N–H and O–H groups in total. The molecule has 0 amide bonds. The number of benzene rings is 1. The summed E-state index contributed by atoms with van der Waals surface area (Å²) in [6, 6.07) is 6.61. The van der Waals surface area contributed by atoms with Crippen LogP contribution < -0.4 is 10.5 Å². The summed E-state index contributed by atoms with van der Waals surface area (Å²) in [6.45, 7) is 2.91. The first-order chi connectivity index (χ1) is 7.29. The quantitative estimate of drug-likeness (QED) is 0.765. The van der Waals surface area contributed by atoms with E-state index in [9.17, 15) is 0 Å². The van der Waals surface area contributed by atoms with Crippen molar-refractivity contribution >= 4 is 0 Å². The first-order valence-corrected chi connectivity index (χ1v) is 5.78. The van der Waals surface area contributed by atoms with Crippen molar-refractivity contribution in [1.29, 1.82) is 0 Å². The third-order valence-electron chi connectivity index (χ3n) is 2.89. The minimum Gasteiger partial charge on any atom is -0.490 e. The molecule has 1 unspecified atom stereocenters. The lowest BCUT2D eigenvalue weighted by Crippen LogP contribution is -2.05. The number of aryl methyl sites for hydroxylation is 1. The molecule has 2 heteroatoms. The van der Waals surface area contributed by atoms with Crippen LogP contribution in [0.4, 0.5) is 0 Å². The van der Waals surface area contributed by atoms with Gasteiger partial charge in [0.1, 0.15) is 11.9 Å². The molecule has 0 aliphatic carbocycles. The van der Waals surface area contributed by atoms with E-state index < -0.39 is 0 Å². The van der Waals surface area contributed by atoms with Crippen molar-refractivity contribution < 1.29 is 4.74 Å². The molecule has 1 heterocycles. The number of hydrogen-bond acceptors (Lipinski definition) is 2. The number of fused-ring (bicyclic) bond motifs is 1. The first-order valence-electron chi connectivity index (χ1n) is 5.78. The van der Waals surface area contributed by atoms with E-state index in [0.29, 0.717) is 6.10 Å². The summed E-state index contributed by atoms with van der Waals surface area (Å²) in [6.07, 6.45) is 4.79. The van der Waals surface area contributed by atoms with E-state index in [4.69, 9.17) is 10.5 Å². The highest BCUT2D eigenvalue weighted by Gasteiger charge is 2.18. The highest BCUT2D eigenvalue weighted by Crippen LogP contribution is 2.29. The Morgan fingerprint density at radius 3 is 3.07 bits per heavy atom. The van der Waals surface area contributed by atoms with Gasteiger partial charge in [-0.1, -0.05) is 12.1 Å². The average molecular weight is 205 g/mol. The molecule has 1 aliphatic rings. The van der Waals surface area contributed by atoms with E-state index in [1.54, 1.807) is 0 Å². The zero-order valence-corrected chi connectivity index (χ0v) is 9.33. The smallest absolute Gasteiger partial charge is 0.123 e. The molecule has 82 valence electrons. The number of ether oxygens (including phenoxy) is 1. The molecule has 2 rings (SSSR count). The fraction of sp³-hybridized carbons (Fsp3) is 0.538. The summed E-state index contributed by atoms with van der Waals surface area (Å²) in [4.78, 5) is 0. The second-order valence-corrected chi connectivity index (χ2v) is 4.32. The maximum Gasteiger partial charge on any atom is 0.123 e. The molecule has 2 nitrogen and oxygen atoms in total. The number of unbranched alkanes of at least 4 members (excludes halogenated alkanes) is 1. The third kappa shape index (κ3) is 2.51. The van der Waals surface area contributed by atoms with Crippen molar-refractivity contribution in [3.05, 3.63) is 29.3 Å². The lowest BCUT2D eigenvalue weighted by Gasteiger charge is -2.05. The van der Waals surface area contributed by atoms with Crippen molar-refractivity contribution in [3.63, 3.8) is 0 Å². The van der Waals surface area contributed by atoms with Gasteiger partial charge in [-0.3, -0.25) is 0 Å². The fourth-order valence-electron chi connectivity index (χ4n) is 2.07.